The molecule has 0 spiro atoms. The number of hydrogen-bond acceptors (Lipinski definition) is 5. The van der Waals surface area contributed by atoms with Crippen LogP contribution in [-0.2, 0) is 16.1 Å². The van der Waals surface area contributed by atoms with Gasteiger partial charge in [-0.05, 0) is 57.7 Å². The number of para-hydroxylation sites is 1. The van der Waals surface area contributed by atoms with E-state index in [-0.39, 0.29) is 23.8 Å². The number of fused-ring (bicyclic) bond motifs is 1. The standard InChI is InChI=1S/C32H39N3O3/c1-22(23-11-5-3-6-12-23)33-31(36)29-26-15-9-10-16-28(26)34-30(24-13-7-4-8-14-24)27(29)21-35-19-17-25(18-20-35)32(37)38-2/h4,7-10,13-16,22-23,25H,3,5-6,11-12,17-21H2,1-2H3,(H,33,36). The summed E-state index contributed by atoms with van der Waals surface area (Å²) in [5.41, 5.74) is 4.38. The minimum Gasteiger partial charge on any atom is -0.469 e. The third-order valence-corrected chi connectivity index (χ3v) is 8.49. The number of amides is 1. The van der Waals surface area contributed by atoms with Crippen molar-refractivity contribution in [3.05, 3.63) is 65.7 Å². The summed E-state index contributed by atoms with van der Waals surface area (Å²) >= 11 is 0. The van der Waals surface area contributed by atoms with Crippen molar-refractivity contribution < 1.29 is 14.3 Å². The lowest BCUT2D eigenvalue weighted by Crippen LogP contribution is -2.40. The van der Waals surface area contributed by atoms with Crippen molar-refractivity contribution in [1.29, 1.82) is 0 Å². The second-order valence-electron chi connectivity index (χ2n) is 10.9. The molecule has 2 fully saturated rings. The molecular formula is C32H39N3O3. The van der Waals surface area contributed by atoms with E-state index >= 15 is 0 Å². The first-order valence-corrected chi connectivity index (χ1v) is 14.1. The fourth-order valence-corrected chi connectivity index (χ4v) is 6.25. The summed E-state index contributed by atoms with van der Waals surface area (Å²) in [4.78, 5) is 33.7. The number of hydrogen-bond donors (Lipinski definition) is 1. The summed E-state index contributed by atoms with van der Waals surface area (Å²) in [7, 11) is 1.46. The maximum atomic E-state index is 14.1. The molecule has 0 radical (unpaired) electrons. The first-order valence-electron chi connectivity index (χ1n) is 14.1. The zero-order chi connectivity index (χ0) is 26.5. The van der Waals surface area contributed by atoms with E-state index in [9.17, 15) is 9.59 Å². The second kappa shape index (κ2) is 12.1. The fourth-order valence-electron chi connectivity index (χ4n) is 6.25. The molecule has 200 valence electrons. The lowest BCUT2D eigenvalue weighted by atomic mass is 9.84. The largest absolute Gasteiger partial charge is 0.469 e. The molecule has 1 unspecified atom stereocenters. The predicted molar refractivity (Wildman–Crippen MR) is 151 cm³/mol. The van der Waals surface area contributed by atoms with Gasteiger partial charge in [0.15, 0.2) is 0 Å². The van der Waals surface area contributed by atoms with Crippen LogP contribution >= 0.6 is 0 Å². The molecule has 0 bridgehead atoms. The van der Waals surface area contributed by atoms with Gasteiger partial charge in [0.05, 0.1) is 29.8 Å². The molecule has 1 aliphatic heterocycles. The van der Waals surface area contributed by atoms with E-state index < -0.39 is 0 Å². The highest BCUT2D eigenvalue weighted by molar-refractivity contribution is 6.09. The summed E-state index contributed by atoms with van der Waals surface area (Å²) in [6.45, 7) is 4.32. The van der Waals surface area contributed by atoms with Crippen LogP contribution in [0, 0.1) is 11.8 Å². The maximum Gasteiger partial charge on any atom is 0.308 e. The maximum absolute atomic E-state index is 14.1. The first kappa shape index (κ1) is 26.4. The van der Waals surface area contributed by atoms with E-state index in [4.69, 9.17) is 9.72 Å². The molecule has 1 saturated heterocycles. The number of carbonyl (C=O) groups excluding carboxylic acids is 2. The molecule has 1 aromatic heterocycles. The van der Waals surface area contributed by atoms with E-state index in [1.807, 2.05) is 42.5 Å². The van der Waals surface area contributed by atoms with Gasteiger partial charge in [0, 0.05) is 29.1 Å². The Hall–Kier alpha value is -3.25. The predicted octanol–water partition coefficient (Wildman–Crippen LogP) is 5.99. The highest BCUT2D eigenvalue weighted by atomic mass is 16.5. The van der Waals surface area contributed by atoms with Crippen LogP contribution in [-0.4, -0.2) is 48.0 Å². The zero-order valence-electron chi connectivity index (χ0n) is 22.6. The summed E-state index contributed by atoms with van der Waals surface area (Å²) in [5.74, 6) is 0.325. The van der Waals surface area contributed by atoms with Crippen molar-refractivity contribution in [2.75, 3.05) is 20.2 Å². The zero-order valence-corrected chi connectivity index (χ0v) is 22.6. The number of aromatic nitrogens is 1. The fraction of sp³-hybridized carbons (Fsp3) is 0.469. The Labute approximate surface area is 225 Å². The van der Waals surface area contributed by atoms with Gasteiger partial charge in [0.1, 0.15) is 0 Å². The molecular weight excluding hydrogens is 474 g/mol. The highest BCUT2D eigenvalue weighted by Gasteiger charge is 2.30. The molecule has 1 aliphatic carbocycles. The Bertz CT molecular complexity index is 1260. The minimum absolute atomic E-state index is 0.0155. The normalized spacial score (nSPS) is 18.3. The van der Waals surface area contributed by atoms with Gasteiger partial charge in [-0.15, -0.1) is 0 Å². The van der Waals surface area contributed by atoms with Gasteiger partial charge < -0.3 is 10.1 Å². The molecule has 1 amide bonds. The number of nitrogens with one attached hydrogen (secondary N) is 1. The van der Waals surface area contributed by atoms with Crippen molar-refractivity contribution in [3.63, 3.8) is 0 Å². The number of ether oxygens (including phenoxy) is 1. The van der Waals surface area contributed by atoms with E-state index in [0.717, 1.165) is 59.2 Å². The highest BCUT2D eigenvalue weighted by Crippen LogP contribution is 2.33. The molecule has 2 heterocycles. The Morgan fingerprint density at radius 1 is 0.974 bits per heavy atom. The van der Waals surface area contributed by atoms with Gasteiger partial charge in [-0.3, -0.25) is 14.5 Å². The molecule has 5 rings (SSSR count). The summed E-state index contributed by atoms with van der Waals surface area (Å²) in [6, 6.07) is 18.3. The number of nitrogens with zero attached hydrogens (tertiary/aromatic N) is 2. The molecule has 1 atom stereocenters. The van der Waals surface area contributed by atoms with Crippen molar-refractivity contribution in [2.24, 2.45) is 11.8 Å². The van der Waals surface area contributed by atoms with Crippen LogP contribution in [0.1, 0.15) is 67.8 Å². The number of esters is 1. The van der Waals surface area contributed by atoms with Crippen LogP contribution < -0.4 is 5.32 Å². The van der Waals surface area contributed by atoms with Crippen LogP contribution in [0.25, 0.3) is 22.2 Å². The van der Waals surface area contributed by atoms with Crippen LogP contribution in [0.2, 0.25) is 0 Å². The molecule has 2 aliphatic rings. The average molecular weight is 514 g/mol. The lowest BCUT2D eigenvalue weighted by molar-refractivity contribution is -0.147. The van der Waals surface area contributed by atoms with Gasteiger partial charge in [-0.1, -0.05) is 67.8 Å². The summed E-state index contributed by atoms with van der Waals surface area (Å²) in [5, 5.41) is 4.29. The van der Waals surface area contributed by atoms with Gasteiger partial charge in [-0.25, -0.2) is 4.98 Å². The smallest absolute Gasteiger partial charge is 0.308 e. The number of benzene rings is 2. The molecule has 6 heteroatoms. The van der Waals surface area contributed by atoms with Crippen LogP contribution in [0.4, 0.5) is 0 Å². The Morgan fingerprint density at radius 2 is 1.66 bits per heavy atom. The monoisotopic (exact) mass is 513 g/mol. The number of rotatable bonds is 7. The Morgan fingerprint density at radius 3 is 2.37 bits per heavy atom. The van der Waals surface area contributed by atoms with Crippen LogP contribution in [0.15, 0.2) is 54.6 Å². The molecule has 1 N–H and O–H groups in total. The van der Waals surface area contributed by atoms with Crippen LogP contribution in [0.5, 0.6) is 0 Å². The van der Waals surface area contributed by atoms with Crippen LogP contribution in [0.3, 0.4) is 0 Å². The quantitative estimate of drug-likeness (QED) is 0.393. The molecule has 1 saturated carbocycles. The lowest BCUT2D eigenvalue weighted by Gasteiger charge is -2.32. The average Bonchev–Trinajstić information content (AvgIpc) is 2.97. The number of methoxy groups -OCH3 is 1. The number of likely N-dealkylation sites (tertiary alicyclic amines) is 1. The van der Waals surface area contributed by atoms with E-state index in [1.165, 1.54) is 39.2 Å². The number of piperidine rings is 1. The van der Waals surface area contributed by atoms with Gasteiger partial charge in [-0.2, -0.15) is 0 Å². The topological polar surface area (TPSA) is 71.5 Å². The van der Waals surface area contributed by atoms with E-state index in [2.05, 4.69) is 29.3 Å². The summed E-state index contributed by atoms with van der Waals surface area (Å²) < 4.78 is 4.99. The van der Waals surface area contributed by atoms with Crippen molar-refractivity contribution >= 4 is 22.8 Å². The molecule has 3 aromatic rings. The van der Waals surface area contributed by atoms with E-state index in [0.29, 0.717) is 12.5 Å². The molecule has 6 nitrogen and oxygen atoms in total. The van der Waals surface area contributed by atoms with Gasteiger partial charge in [0.2, 0.25) is 0 Å². The number of pyridine rings is 1. The van der Waals surface area contributed by atoms with Gasteiger partial charge >= 0.3 is 5.97 Å². The van der Waals surface area contributed by atoms with Crippen molar-refractivity contribution in [2.45, 2.75) is 64.5 Å². The summed E-state index contributed by atoms with van der Waals surface area (Å²) in [6.07, 6.45) is 7.65. The third-order valence-electron chi connectivity index (χ3n) is 8.49. The number of carbonyl (C=O) groups is 2. The first-order chi connectivity index (χ1) is 18.5. The minimum atomic E-state index is -0.126. The van der Waals surface area contributed by atoms with Crippen molar-refractivity contribution in [1.82, 2.24) is 15.2 Å². The third kappa shape index (κ3) is 5.75. The Balaban J connectivity index is 1.53. The molecule has 38 heavy (non-hydrogen) atoms. The SMILES string of the molecule is COC(=O)C1CCN(Cc2c(-c3ccccc3)nc3ccccc3c2C(=O)NC(C)C2CCCCC2)CC1. The molecule has 2 aromatic carbocycles. The van der Waals surface area contributed by atoms with E-state index in [1.54, 1.807) is 0 Å². The van der Waals surface area contributed by atoms with Gasteiger partial charge in [0.25, 0.3) is 5.91 Å². The van der Waals surface area contributed by atoms with Crippen molar-refractivity contribution in [3.8, 4) is 11.3 Å². The second-order valence-corrected chi connectivity index (χ2v) is 10.9. The Kier molecular flexibility index (Phi) is 8.38.